The highest BCUT2D eigenvalue weighted by Crippen LogP contribution is 2.24. The Labute approximate surface area is 123 Å². The minimum Gasteiger partial charge on any atom is -0.355 e. The molecule has 19 heavy (non-hydrogen) atoms. The van der Waals surface area contributed by atoms with E-state index >= 15 is 0 Å². The Balaban J connectivity index is 1.80. The van der Waals surface area contributed by atoms with Crippen LogP contribution >= 0.6 is 11.9 Å². The maximum absolute atomic E-state index is 2.57. The third kappa shape index (κ3) is 5.29. The summed E-state index contributed by atoms with van der Waals surface area (Å²) in [5.74, 6) is 0. The molecule has 0 spiro atoms. The van der Waals surface area contributed by atoms with E-state index in [1.807, 2.05) is 11.9 Å². The summed E-state index contributed by atoms with van der Waals surface area (Å²) in [5, 5.41) is 0. The van der Waals surface area contributed by atoms with Gasteiger partial charge in [-0.05, 0) is 12.8 Å². The van der Waals surface area contributed by atoms with Crippen LogP contribution in [0.2, 0.25) is 0 Å². The molecule has 1 aliphatic heterocycles. The minimum atomic E-state index is 0.785. The summed E-state index contributed by atoms with van der Waals surface area (Å²) in [7, 11) is 0. The molecular formula is C16H30N2S. The first-order valence-corrected chi connectivity index (χ1v) is 9.33. The SMILES string of the molecule is CSN1C=CN(C2CCCCCCCCCCC2)C1. The maximum Gasteiger partial charge on any atom is 0.100 e. The van der Waals surface area contributed by atoms with Crippen LogP contribution < -0.4 is 0 Å². The molecule has 2 nitrogen and oxygen atoms in total. The van der Waals surface area contributed by atoms with Gasteiger partial charge in [0, 0.05) is 24.7 Å². The Morgan fingerprint density at radius 2 is 1.32 bits per heavy atom. The Hall–Kier alpha value is -0.310. The van der Waals surface area contributed by atoms with Gasteiger partial charge in [0.25, 0.3) is 0 Å². The van der Waals surface area contributed by atoms with Gasteiger partial charge in [-0.2, -0.15) is 0 Å². The Morgan fingerprint density at radius 3 is 1.79 bits per heavy atom. The van der Waals surface area contributed by atoms with Crippen LogP contribution in [0.3, 0.4) is 0 Å². The van der Waals surface area contributed by atoms with Crippen LogP contribution in [0.25, 0.3) is 0 Å². The van der Waals surface area contributed by atoms with E-state index in [2.05, 4.69) is 27.9 Å². The number of nitrogens with zero attached hydrogens (tertiary/aromatic N) is 2. The monoisotopic (exact) mass is 282 g/mol. The molecule has 1 saturated carbocycles. The van der Waals surface area contributed by atoms with Crippen LogP contribution in [0.15, 0.2) is 12.4 Å². The molecule has 110 valence electrons. The van der Waals surface area contributed by atoms with Gasteiger partial charge in [-0.15, -0.1) is 0 Å². The summed E-state index contributed by atoms with van der Waals surface area (Å²) in [6, 6.07) is 0.785. The van der Waals surface area contributed by atoms with Crippen molar-refractivity contribution in [2.24, 2.45) is 0 Å². The molecule has 2 aliphatic rings. The fourth-order valence-corrected chi connectivity index (χ4v) is 3.67. The third-order valence-electron chi connectivity index (χ3n) is 4.51. The summed E-state index contributed by atoms with van der Waals surface area (Å²) < 4.78 is 2.33. The molecule has 0 bridgehead atoms. The lowest BCUT2D eigenvalue weighted by Gasteiger charge is -2.29. The highest BCUT2D eigenvalue weighted by Gasteiger charge is 2.20. The van der Waals surface area contributed by atoms with Crippen molar-refractivity contribution in [1.82, 2.24) is 9.21 Å². The van der Waals surface area contributed by atoms with Crippen LogP contribution in [0, 0.1) is 0 Å². The second-order valence-corrected chi connectivity index (χ2v) is 6.80. The van der Waals surface area contributed by atoms with E-state index < -0.39 is 0 Å². The van der Waals surface area contributed by atoms with E-state index in [4.69, 9.17) is 0 Å². The predicted molar refractivity (Wildman–Crippen MR) is 85.8 cm³/mol. The van der Waals surface area contributed by atoms with Crippen molar-refractivity contribution < 1.29 is 0 Å². The Bertz CT molecular complexity index is 255. The van der Waals surface area contributed by atoms with Gasteiger partial charge >= 0.3 is 0 Å². The van der Waals surface area contributed by atoms with Gasteiger partial charge in [0.15, 0.2) is 0 Å². The molecule has 0 aromatic rings. The molecule has 0 atom stereocenters. The Kier molecular flexibility index (Phi) is 6.97. The summed E-state index contributed by atoms with van der Waals surface area (Å²) in [6.07, 6.45) is 22.6. The highest BCUT2D eigenvalue weighted by molar-refractivity contribution is 7.96. The first kappa shape index (κ1) is 15.1. The van der Waals surface area contributed by atoms with Crippen molar-refractivity contribution in [3.8, 4) is 0 Å². The van der Waals surface area contributed by atoms with E-state index in [0.717, 1.165) is 12.7 Å². The van der Waals surface area contributed by atoms with Crippen LogP contribution in [-0.2, 0) is 0 Å². The van der Waals surface area contributed by atoms with E-state index in [-0.39, 0.29) is 0 Å². The molecule has 0 aromatic carbocycles. The molecular weight excluding hydrogens is 252 g/mol. The molecule has 0 aromatic heterocycles. The molecule has 0 unspecified atom stereocenters. The largest absolute Gasteiger partial charge is 0.355 e. The average Bonchev–Trinajstić information content (AvgIpc) is 2.88. The van der Waals surface area contributed by atoms with Crippen molar-refractivity contribution in [3.63, 3.8) is 0 Å². The Morgan fingerprint density at radius 1 is 0.789 bits per heavy atom. The van der Waals surface area contributed by atoms with Crippen LogP contribution in [0.5, 0.6) is 0 Å². The second-order valence-electron chi connectivity index (χ2n) is 5.97. The van der Waals surface area contributed by atoms with Gasteiger partial charge < -0.3 is 9.21 Å². The highest BCUT2D eigenvalue weighted by atomic mass is 32.2. The van der Waals surface area contributed by atoms with Gasteiger partial charge in [0.1, 0.15) is 6.67 Å². The zero-order valence-corrected chi connectivity index (χ0v) is 13.3. The van der Waals surface area contributed by atoms with Crippen molar-refractivity contribution in [2.45, 2.75) is 76.7 Å². The third-order valence-corrected chi connectivity index (χ3v) is 5.21. The van der Waals surface area contributed by atoms with Crippen LogP contribution in [0.1, 0.15) is 70.6 Å². The lowest BCUT2D eigenvalue weighted by molar-refractivity contribution is 0.225. The predicted octanol–water partition coefficient (Wildman–Crippen LogP) is 4.98. The first-order valence-electron chi connectivity index (χ1n) is 8.15. The van der Waals surface area contributed by atoms with E-state index in [1.165, 1.54) is 70.6 Å². The molecule has 0 N–H and O–H groups in total. The van der Waals surface area contributed by atoms with E-state index in [1.54, 1.807) is 0 Å². The zero-order valence-electron chi connectivity index (χ0n) is 12.5. The smallest absolute Gasteiger partial charge is 0.100 e. The summed E-state index contributed by atoms with van der Waals surface area (Å²) >= 11 is 1.83. The second kappa shape index (κ2) is 8.78. The average molecular weight is 282 g/mol. The van der Waals surface area contributed by atoms with Crippen LogP contribution in [-0.4, -0.2) is 28.2 Å². The van der Waals surface area contributed by atoms with Gasteiger partial charge in [-0.3, -0.25) is 0 Å². The lowest BCUT2D eigenvalue weighted by atomic mass is 9.97. The minimum absolute atomic E-state index is 0.785. The fourth-order valence-electron chi connectivity index (χ4n) is 3.24. The van der Waals surface area contributed by atoms with Gasteiger partial charge in [0.2, 0.25) is 0 Å². The molecule has 3 heteroatoms. The molecule has 0 amide bonds. The normalized spacial score (nSPS) is 24.3. The lowest BCUT2D eigenvalue weighted by Crippen LogP contribution is -2.32. The zero-order chi connectivity index (χ0) is 13.3. The van der Waals surface area contributed by atoms with E-state index in [9.17, 15) is 0 Å². The first-order chi connectivity index (χ1) is 9.40. The summed E-state index contributed by atoms with van der Waals surface area (Å²) in [6.45, 7) is 1.09. The standard InChI is InChI=1S/C16H30N2S/c1-19-18-14-13-17(15-18)16-11-9-7-5-3-2-4-6-8-10-12-16/h13-14,16H,2-12,15H2,1H3. The molecule has 1 aliphatic carbocycles. The fraction of sp³-hybridized carbons (Fsp3) is 0.875. The summed E-state index contributed by atoms with van der Waals surface area (Å²) in [4.78, 5) is 2.57. The van der Waals surface area contributed by atoms with Gasteiger partial charge in [0.05, 0.1) is 0 Å². The summed E-state index contributed by atoms with van der Waals surface area (Å²) in [5.41, 5.74) is 0. The van der Waals surface area contributed by atoms with E-state index in [0.29, 0.717) is 0 Å². The number of rotatable bonds is 2. The topological polar surface area (TPSA) is 6.48 Å². The van der Waals surface area contributed by atoms with Crippen molar-refractivity contribution >= 4 is 11.9 Å². The van der Waals surface area contributed by atoms with Crippen molar-refractivity contribution in [3.05, 3.63) is 12.4 Å². The maximum atomic E-state index is 2.57. The molecule has 1 heterocycles. The molecule has 0 radical (unpaired) electrons. The van der Waals surface area contributed by atoms with Gasteiger partial charge in [-0.25, -0.2) is 0 Å². The van der Waals surface area contributed by atoms with Gasteiger partial charge in [-0.1, -0.05) is 69.7 Å². The van der Waals surface area contributed by atoms with Crippen molar-refractivity contribution in [1.29, 1.82) is 0 Å². The van der Waals surface area contributed by atoms with Crippen molar-refractivity contribution in [2.75, 3.05) is 12.9 Å². The molecule has 0 saturated heterocycles. The van der Waals surface area contributed by atoms with Crippen LogP contribution in [0.4, 0.5) is 0 Å². The molecule has 1 fully saturated rings. The number of hydrogen-bond acceptors (Lipinski definition) is 3. The quantitative estimate of drug-likeness (QED) is 0.659. The molecule has 2 rings (SSSR count). The number of hydrogen-bond donors (Lipinski definition) is 0.